The molecule has 1 spiro atoms. The summed E-state index contributed by atoms with van der Waals surface area (Å²) in [4.78, 5) is 24.9. The number of hydrogen-bond acceptors (Lipinski definition) is 2. The molecule has 0 radical (unpaired) electrons. The zero-order chi connectivity index (χ0) is 12.2. The Morgan fingerprint density at radius 3 is 2.65 bits per heavy atom. The van der Waals surface area contributed by atoms with Crippen molar-refractivity contribution in [2.75, 3.05) is 4.90 Å². The van der Waals surface area contributed by atoms with Gasteiger partial charge in [0.1, 0.15) is 6.04 Å². The minimum atomic E-state index is -0.967. The molecule has 4 nitrogen and oxygen atoms in total. The monoisotopic (exact) mass is 231 g/mol. The molecule has 1 amide bonds. The second kappa shape index (κ2) is 3.09. The van der Waals surface area contributed by atoms with Crippen LogP contribution in [0.3, 0.4) is 0 Å². The first-order valence-electron chi connectivity index (χ1n) is 5.74. The molecule has 1 atom stereocenters. The third-order valence-corrected chi connectivity index (χ3v) is 3.80. The van der Waals surface area contributed by atoms with Crippen molar-refractivity contribution in [2.24, 2.45) is 0 Å². The molecule has 3 rings (SSSR count). The predicted molar refractivity (Wildman–Crippen MR) is 61.9 cm³/mol. The lowest BCUT2D eigenvalue weighted by molar-refractivity contribution is -0.139. The van der Waals surface area contributed by atoms with Gasteiger partial charge in [-0.15, -0.1) is 0 Å². The van der Waals surface area contributed by atoms with E-state index < -0.39 is 17.4 Å². The minimum absolute atomic E-state index is 0.0476. The van der Waals surface area contributed by atoms with Crippen molar-refractivity contribution in [1.82, 2.24) is 0 Å². The van der Waals surface area contributed by atoms with Crippen LogP contribution in [0.15, 0.2) is 24.3 Å². The zero-order valence-electron chi connectivity index (χ0n) is 9.51. The first-order chi connectivity index (χ1) is 8.08. The Balaban J connectivity index is 2.13. The van der Waals surface area contributed by atoms with E-state index in [4.69, 9.17) is 5.11 Å². The van der Waals surface area contributed by atoms with Crippen molar-refractivity contribution in [2.45, 2.75) is 31.2 Å². The molecule has 2 aliphatic rings. The minimum Gasteiger partial charge on any atom is -0.480 e. The van der Waals surface area contributed by atoms with Crippen molar-refractivity contribution in [3.05, 3.63) is 29.8 Å². The van der Waals surface area contributed by atoms with Gasteiger partial charge in [-0.1, -0.05) is 18.2 Å². The summed E-state index contributed by atoms with van der Waals surface area (Å²) in [5.41, 5.74) is 1.36. The van der Waals surface area contributed by atoms with E-state index >= 15 is 0 Å². The van der Waals surface area contributed by atoms with Crippen molar-refractivity contribution in [3.63, 3.8) is 0 Å². The average molecular weight is 231 g/mol. The summed E-state index contributed by atoms with van der Waals surface area (Å²) in [5, 5.41) is 9.08. The molecule has 1 unspecified atom stereocenters. The molecule has 0 aromatic heterocycles. The normalized spacial score (nSPS) is 21.5. The largest absolute Gasteiger partial charge is 0.480 e. The van der Waals surface area contributed by atoms with Crippen LogP contribution in [0, 0.1) is 0 Å². The Morgan fingerprint density at radius 1 is 1.41 bits per heavy atom. The molecule has 1 aromatic rings. The fourth-order valence-corrected chi connectivity index (χ4v) is 2.65. The predicted octanol–water partition coefficient (Wildman–Crippen LogP) is 1.54. The molecular weight excluding hydrogens is 218 g/mol. The summed E-state index contributed by atoms with van der Waals surface area (Å²) in [6, 6.07) is 6.72. The second-order valence-corrected chi connectivity index (χ2v) is 4.79. The van der Waals surface area contributed by atoms with Crippen LogP contribution in [0.2, 0.25) is 0 Å². The Morgan fingerprint density at radius 2 is 2.06 bits per heavy atom. The van der Waals surface area contributed by atoms with E-state index in [-0.39, 0.29) is 5.91 Å². The first kappa shape index (κ1) is 10.3. The number of carboxylic acids is 1. The fraction of sp³-hybridized carbons (Fsp3) is 0.385. The number of amides is 1. The number of nitrogens with zero attached hydrogens (tertiary/aromatic N) is 1. The third-order valence-electron chi connectivity index (χ3n) is 3.80. The summed E-state index contributed by atoms with van der Waals surface area (Å²) in [7, 11) is 0. The number of benzene rings is 1. The van der Waals surface area contributed by atoms with Crippen molar-refractivity contribution < 1.29 is 14.7 Å². The number of fused-ring (bicyclic) bond motifs is 2. The van der Waals surface area contributed by atoms with Crippen LogP contribution in [0.25, 0.3) is 0 Å². The molecule has 0 bridgehead atoms. The summed E-state index contributed by atoms with van der Waals surface area (Å²) < 4.78 is 0. The molecule has 1 N–H and O–H groups in total. The van der Waals surface area contributed by atoms with Gasteiger partial charge in [0.05, 0.1) is 5.41 Å². The van der Waals surface area contributed by atoms with Gasteiger partial charge in [0.2, 0.25) is 5.91 Å². The molecule has 1 aliphatic carbocycles. The van der Waals surface area contributed by atoms with Crippen molar-refractivity contribution in [3.8, 4) is 0 Å². The first-order valence-corrected chi connectivity index (χ1v) is 5.74. The quantitative estimate of drug-likeness (QED) is 0.839. The number of carboxylic acid groups (broad SMARTS) is 1. The number of anilines is 1. The maximum Gasteiger partial charge on any atom is 0.326 e. The van der Waals surface area contributed by atoms with Crippen molar-refractivity contribution >= 4 is 17.6 Å². The Labute approximate surface area is 98.9 Å². The van der Waals surface area contributed by atoms with Crippen LogP contribution < -0.4 is 4.90 Å². The lowest BCUT2D eigenvalue weighted by Crippen LogP contribution is -2.43. The molecule has 1 saturated carbocycles. The molecule has 4 heteroatoms. The van der Waals surface area contributed by atoms with E-state index in [1.54, 1.807) is 6.92 Å². The number of rotatable bonds is 2. The number of hydrogen-bond donors (Lipinski definition) is 1. The number of para-hydroxylation sites is 1. The molecular formula is C13H13NO3. The van der Waals surface area contributed by atoms with Gasteiger partial charge in [-0.3, -0.25) is 9.69 Å². The number of carbonyl (C=O) groups is 2. The summed E-state index contributed by atoms with van der Waals surface area (Å²) >= 11 is 0. The molecule has 1 aliphatic heterocycles. The van der Waals surface area contributed by atoms with Gasteiger partial charge >= 0.3 is 5.97 Å². The Kier molecular flexibility index (Phi) is 1.88. The van der Waals surface area contributed by atoms with E-state index in [9.17, 15) is 9.59 Å². The summed E-state index contributed by atoms with van der Waals surface area (Å²) in [5.74, 6) is -1.01. The Hall–Kier alpha value is -1.84. The molecule has 88 valence electrons. The van der Waals surface area contributed by atoms with Crippen LogP contribution in [-0.2, 0) is 15.0 Å². The molecule has 1 heterocycles. The van der Waals surface area contributed by atoms with Gasteiger partial charge < -0.3 is 5.11 Å². The summed E-state index contributed by atoms with van der Waals surface area (Å²) in [6.45, 7) is 1.55. The SMILES string of the molecule is CC(C(=O)O)N1C(=O)C2(CC2)c2ccccc21. The van der Waals surface area contributed by atoms with Crippen LogP contribution in [0.4, 0.5) is 5.69 Å². The van der Waals surface area contributed by atoms with Gasteiger partial charge in [0.25, 0.3) is 0 Å². The van der Waals surface area contributed by atoms with Gasteiger partial charge in [-0.2, -0.15) is 0 Å². The highest BCUT2D eigenvalue weighted by atomic mass is 16.4. The van der Waals surface area contributed by atoms with Crippen LogP contribution in [-0.4, -0.2) is 23.0 Å². The van der Waals surface area contributed by atoms with E-state index in [2.05, 4.69) is 0 Å². The van der Waals surface area contributed by atoms with E-state index in [1.807, 2.05) is 24.3 Å². The van der Waals surface area contributed by atoms with E-state index in [1.165, 1.54) is 4.90 Å². The van der Waals surface area contributed by atoms with Gasteiger partial charge in [-0.05, 0) is 31.4 Å². The van der Waals surface area contributed by atoms with Gasteiger partial charge in [0, 0.05) is 5.69 Å². The molecule has 0 saturated heterocycles. The second-order valence-electron chi connectivity index (χ2n) is 4.79. The van der Waals surface area contributed by atoms with Crippen LogP contribution in [0.5, 0.6) is 0 Å². The number of aliphatic carboxylic acids is 1. The van der Waals surface area contributed by atoms with Gasteiger partial charge in [0.15, 0.2) is 0 Å². The lowest BCUT2D eigenvalue weighted by atomic mass is 9.98. The topological polar surface area (TPSA) is 57.6 Å². The molecule has 17 heavy (non-hydrogen) atoms. The average Bonchev–Trinajstić information content (AvgIpc) is 3.06. The van der Waals surface area contributed by atoms with Crippen LogP contribution >= 0.6 is 0 Å². The smallest absolute Gasteiger partial charge is 0.326 e. The van der Waals surface area contributed by atoms with E-state index in [0.717, 1.165) is 24.1 Å². The molecule has 1 aromatic carbocycles. The third kappa shape index (κ3) is 1.18. The number of carbonyl (C=O) groups excluding carboxylic acids is 1. The maximum absolute atomic E-state index is 12.4. The zero-order valence-corrected chi connectivity index (χ0v) is 9.51. The van der Waals surface area contributed by atoms with E-state index in [0.29, 0.717) is 0 Å². The lowest BCUT2D eigenvalue weighted by Gasteiger charge is -2.22. The highest BCUT2D eigenvalue weighted by molar-refractivity contribution is 6.12. The maximum atomic E-state index is 12.4. The standard InChI is InChI=1S/C13H13NO3/c1-8(11(15)16)14-10-5-3-2-4-9(10)13(6-7-13)12(14)17/h2-5,8H,6-7H2,1H3,(H,15,16). The van der Waals surface area contributed by atoms with Crippen molar-refractivity contribution in [1.29, 1.82) is 0 Å². The summed E-state index contributed by atoms with van der Waals surface area (Å²) in [6.07, 6.45) is 1.68. The highest BCUT2D eigenvalue weighted by Gasteiger charge is 2.60. The van der Waals surface area contributed by atoms with Crippen LogP contribution in [0.1, 0.15) is 25.3 Å². The van der Waals surface area contributed by atoms with Gasteiger partial charge in [-0.25, -0.2) is 4.79 Å². The molecule has 1 fully saturated rings. The highest BCUT2D eigenvalue weighted by Crippen LogP contribution is 2.57. The fourth-order valence-electron chi connectivity index (χ4n) is 2.65. The Bertz CT molecular complexity index is 519.